The van der Waals surface area contributed by atoms with E-state index in [-0.39, 0.29) is 0 Å². The van der Waals surface area contributed by atoms with Crippen LogP contribution >= 0.6 is 23.4 Å². The van der Waals surface area contributed by atoms with Gasteiger partial charge in [0.1, 0.15) is 5.15 Å². The molecule has 0 atom stereocenters. The minimum Gasteiger partial charge on any atom is -0.299 e. The van der Waals surface area contributed by atoms with E-state index < -0.39 is 0 Å². The summed E-state index contributed by atoms with van der Waals surface area (Å²) in [7, 11) is 0. The van der Waals surface area contributed by atoms with Gasteiger partial charge >= 0.3 is 0 Å². The minimum atomic E-state index is 0.464. The van der Waals surface area contributed by atoms with Crippen molar-refractivity contribution in [3.63, 3.8) is 0 Å². The predicted octanol–water partition coefficient (Wildman–Crippen LogP) is 5.11. The van der Waals surface area contributed by atoms with Gasteiger partial charge in [-0.15, -0.1) is 10.2 Å². The number of benzene rings is 1. The molecule has 8 heteroatoms. The summed E-state index contributed by atoms with van der Waals surface area (Å²) >= 11 is 8.33. The Labute approximate surface area is 178 Å². The zero-order chi connectivity index (χ0) is 19.8. The molecule has 0 aliphatic heterocycles. The van der Waals surface area contributed by atoms with E-state index in [1.807, 2.05) is 55.6 Å². The average molecular weight is 423 g/mol. The fourth-order valence-corrected chi connectivity index (χ4v) is 4.81. The van der Waals surface area contributed by atoms with Crippen LogP contribution in [0.5, 0.6) is 0 Å². The molecule has 6 nitrogen and oxygen atoms in total. The van der Waals surface area contributed by atoms with Crippen LogP contribution in [0.4, 0.5) is 0 Å². The summed E-state index contributed by atoms with van der Waals surface area (Å²) in [5.74, 6) is 1.57. The maximum atomic E-state index is 6.68. The van der Waals surface area contributed by atoms with Gasteiger partial charge in [0.05, 0.1) is 11.4 Å². The first kappa shape index (κ1) is 18.4. The van der Waals surface area contributed by atoms with Crippen LogP contribution in [-0.4, -0.2) is 29.5 Å². The Hall–Kier alpha value is -2.64. The normalized spacial score (nSPS) is 13.7. The summed E-state index contributed by atoms with van der Waals surface area (Å²) in [6, 6.07) is 14.4. The van der Waals surface area contributed by atoms with E-state index in [9.17, 15) is 0 Å². The van der Waals surface area contributed by atoms with Crippen molar-refractivity contribution >= 4 is 23.4 Å². The fourth-order valence-electron chi connectivity index (χ4n) is 3.30. The first-order valence-electron chi connectivity index (χ1n) is 9.50. The summed E-state index contributed by atoms with van der Waals surface area (Å²) in [5, 5.41) is 15.1. The molecule has 3 heterocycles. The summed E-state index contributed by atoms with van der Waals surface area (Å²) in [6.07, 6.45) is 5.92. The maximum absolute atomic E-state index is 6.68. The van der Waals surface area contributed by atoms with Crippen molar-refractivity contribution in [1.29, 1.82) is 0 Å². The van der Waals surface area contributed by atoms with Crippen molar-refractivity contribution in [2.24, 2.45) is 0 Å². The smallest absolute Gasteiger partial charge is 0.192 e. The summed E-state index contributed by atoms with van der Waals surface area (Å²) in [4.78, 5) is 4.22. The lowest BCUT2D eigenvalue weighted by molar-refractivity contribution is 0.669. The topological polar surface area (TPSA) is 61.4 Å². The molecule has 1 aliphatic carbocycles. The highest BCUT2D eigenvalue weighted by Gasteiger charge is 2.30. The second-order valence-corrected chi connectivity index (χ2v) is 8.34. The van der Waals surface area contributed by atoms with Gasteiger partial charge in [0, 0.05) is 35.3 Å². The van der Waals surface area contributed by atoms with Crippen molar-refractivity contribution in [2.45, 2.75) is 36.7 Å². The predicted molar refractivity (Wildman–Crippen MR) is 114 cm³/mol. The van der Waals surface area contributed by atoms with E-state index in [0.29, 0.717) is 16.9 Å². The second-order valence-electron chi connectivity index (χ2n) is 7.04. The number of thioether (sulfide) groups is 1. The van der Waals surface area contributed by atoms with Gasteiger partial charge in [0.25, 0.3) is 0 Å². The number of rotatable bonds is 6. The Morgan fingerprint density at radius 2 is 1.93 bits per heavy atom. The van der Waals surface area contributed by atoms with Crippen LogP contribution in [0.3, 0.4) is 0 Å². The van der Waals surface area contributed by atoms with E-state index in [1.165, 1.54) is 0 Å². The van der Waals surface area contributed by atoms with Gasteiger partial charge in [-0.1, -0.05) is 41.6 Å². The molecule has 146 valence electrons. The number of pyridine rings is 1. The standard InChI is InChI=1S/C21H19ClN6S/c1-14-18(19(22)28(26-14)17-7-3-2-4-8-17)13-29-21-25-24-20(27(21)16-9-10-16)15-6-5-11-23-12-15/h2-8,11-12,16H,9-10,13H2,1H3. The number of hydrogen-bond donors (Lipinski definition) is 0. The van der Waals surface area contributed by atoms with Crippen LogP contribution < -0.4 is 0 Å². The third kappa shape index (κ3) is 3.56. The molecule has 29 heavy (non-hydrogen) atoms. The van der Waals surface area contributed by atoms with Gasteiger partial charge in [-0.25, -0.2) is 4.68 Å². The summed E-state index contributed by atoms with van der Waals surface area (Å²) in [5.41, 5.74) is 3.90. The molecule has 0 amide bonds. The molecule has 1 aromatic carbocycles. The quantitative estimate of drug-likeness (QED) is 0.404. The third-order valence-corrected chi connectivity index (χ3v) is 6.32. The molecular formula is C21H19ClN6S. The lowest BCUT2D eigenvalue weighted by Gasteiger charge is -2.08. The SMILES string of the molecule is Cc1nn(-c2ccccc2)c(Cl)c1CSc1nnc(-c2cccnc2)n1C1CC1. The number of nitrogens with zero attached hydrogens (tertiary/aromatic N) is 6. The number of halogens is 1. The van der Waals surface area contributed by atoms with Gasteiger partial charge < -0.3 is 0 Å². The van der Waals surface area contributed by atoms with Crippen LogP contribution in [0.1, 0.15) is 30.1 Å². The van der Waals surface area contributed by atoms with Crippen LogP contribution in [0.25, 0.3) is 17.1 Å². The van der Waals surface area contributed by atoms with Crippen molar-refractivity contribution < 1.29 is 0 Å². The van der Waals surface area contributed by atoms with Gasteiger partial charge in [0.2, 0.25) is 0 Å². The molecule has 0 N–H and O–H groups in total. The van der Waals surface area contributed by atoms with Crippen LogP contribution in [-0.2, 0) is 5.75 Å². The van der Waals surface area contributed by atoms with E-state index in [1.54, 1.807) is 22.6 Å². The first-order valence-corrected chi connectivity index (χ1v) is 10.9. The lowest BCUT2D eigenvalue weighted by atomic mass is 10.3. The minimum absolute atomic E-state index is 0.464. The van der Waals surface area contributed by atoms with Crippen molar-refractivity contribution in [3.8, 4) is 17.1 Å². The lowest BCUT2D eigenvalue weighted by Crippen LogP contribution is -2.00. The van der Waals surface area contributed by atoms with Crippen LogP contribution in [0.15, 0.2) is 60.0 Å². The number of aryl methyl sites for hydroxylation is 1. The molecule has 0 radical (unpaired) electrons. The molecular weight excluding hydrogens is 404 g/mol. The molecule has 1 saturated carbocycles. The molecule has 1 aliphatic rings. The van der Waals surface area contributed by atoms with Gasteiger partial charge in [-0.3, -0.25) is 9.55 Å². The molecule has 0 saturated heterocycles. The Balaban J connectivity index is 1.43. The first-order chi connectivity index (χ1) is 14.2. The summed E-state index contributed by atoms with van der Waals surface area (Å²) in [6.45, 7) is 1.99. The van der Waals surface area contributed by atoms with Crippen molar-refractivity contribution in [2.75, 3.05) is 0 Å². The molecule has 1 fully saturated rings. The number of aromatic nitrogens is 6. The molecule has 0 unspecified atom stereocenters. The molecule has 4 aromatic rings. The largest absolute Gasteiger partial charge is 0.299 e. The van der Waals surface area contributed by atoms with Crippen LogP contribution in [0.2, 0.25) is 5.15 Å². The van der Waals surface area contributed by atoms with Gasteiger partial charge in [0.15, 0.2) is 11.0 Å². The zero-order valence-corrected chi connectivity index (χ0v) is 17.4. The maximum Gasteiger partial charge on any atom is 0.192 e. The number of hydrogen-bond acceptors (Lipinski definition) is 5. The van der Waals surface area contributed by atoms with Crippen molar-refractivity contribution in [1.82, 2.24) is 29.5 Å². The highest BCUT2D eigenvalue weighted by Crippen LogP contribution is 2.42. The summed E-state index contributed by atoms with van der Waals surface area (Å²) < 4.78 is 4.03. The highest BCUT2D eigenvalue weighted by molar-refractivity contribution is 7.98. The zero-order valence-electron chi connectivity index (χ0n) is 15.9. The molecule has 5 rings (SSSR count). The Kier molecular flexibility index (Phi) is 4.85. The molecule has 3 aromatic heterocycles. The van der Waals surface area contributed by atoms with E-state index in [2.05, 4.69) is 24.8 Å². The van der Waals surface area contributed by atoms with E-state index in [0.717, 1.165) is 46.3 Å². The van der Waals surface area contributed by atoms with E-state index >= 15 is 0 Å². The second kappa shape index (κ2) is 7.65. The Morgan fingerprint density at radius 3 is 2.66 bits per heavy atom. The Morgan fingerprint density at radius 1 is 1.10 bits per heavy atom. The van der Waals surface area contributed by atoms with E-state index in [4.69, 9.17) is 11.6 Å². The highest BCUT2D eigenvalue weighted by atomic mass is 35.5. The van der Waals surface area contributed by atoms with Gasteiger partial charge in [-0.2, -0.15) is 5.10 Å². The fraction of sp³-hybridized carbons (Fsp3) is 0.238. The third-order valence-electron chi connectivity index (χ3n) is 4.96. The van der Waals surface area contributed by atoms with Gasteiger partial charge in [-0.05, 0) is 44.0 Å². The molecule has 0 bridgehead atoms. The monoisotopic (exact) mass is 422 g/mol. The number of para-hydroxylation sites is 1. The van der Waals surface area contributed by atoms with Crippen LogP contribution in [0, 0.1) is 6.92 Å². The average Bonchev–Trinajstić information content (AvgIpc) is 3.45. The van der Waals surface area contributed by atoms with Crippen molar-refractivity contribution in [3.05, 3.63) is 71.3 Å². The Bertz CT molecular complexity index is 1130. The molecule has 0 spiro atoms.